The normalized spacial score (nSPS) is 20.0. The number of likely N-dealkylation sites (tertiary alicyclic amines) is 1. The van der Waals surface area contributed by atoms with Gasteiger partial charge in [0.15, 0.2) is 0 Å². The van der Waals surface area contributed by atoms with E-state index in [1.54, 1.807) is 23.9 Å². The zero-order valence-electron chi connectivity index (χ0n) is 18.8. The highest BCUT2D eigenvalue weighted by atomic mass is 32.1. The predicted octanol–water partition coefficient (Wildman–Crippen LogP) is 3.15. The molecule has 0 bridgehead atoms. The van der Waals surface area contributed by atoms with Crippen LogP contribution in [0.4, 0.5) is 11.5 Å². The fourth-order valence-corrected chi connectivity index (χ4v) is 6.46. The fraction of sp³-hybridized carbons (Fsp3) is 0.375. The quantitative estimate of drug-likeness (QED) is 0.418. The van der Waals surface area contributed by atoms with Crippen LogP contribution in [0.25, 0.3) is 21.1 Å². The van der Waals surface area contributed by atoms with Crippen LogP contribution in [-0.4, -0.2) is 56.0 Å². The number of carbonyl (C=O) groups excluding carboxylic acids is 2. The Hall–Kier alpha value is -3.53. The molecule has 3 N–H and O–H groups in total. The molecule has 3 aromatic heterocycles. The Balaban J connectivity index is 1.23. The fourth-order valence-electron chi connectivity index (χ4n) is 5.20. The minimum atomic E-state index is -0.0397. The van der Waals surface area contributed by atoms with E-state index in [0.29, 0.717) is 13.1 Å². The first-order valence-corrected chi connectivity index (χ1v) is 12.4. The lowest BCUT2D eigenvalue weighted by atomic mass is 9.87. The maximum atomic E-state index is 13.2. The summed E-state index contributed by atoms with van der Waals surface area (Å²) in [6, 6.07) is 6.11. The topological polar surface area (TPSA) is 116 Å². The van der Waals surface area contributed by atoms with Crippen LogP contribution in [0.15, 0.2) is 30.7 Å². The van der Waals surface area contributed by atoms with E-state index in [2.05, 4.69) is 30.8 Å². The molecular weight excluding hydrogens is 450 g/mol. The first kappa shape index (κ1) is 21.0. The zero-order valence-corrected chi connectivity index (χ0v) is 19.6. The molecule has 1 aliphatic heterocycles. The van der Waals surface area contributed by atoms with E-state index in [-0.39, 0.29) is 23.8 Å². The third kappa shape index (κ3) is 3.77. The lowest BCUT2D eigenvalue weighted by Gasteiger charge is -2.26. The molecule has 6 rings (SSSR count). The maximum Gasteiger partial charge on any atom is 0.226 e. The molecule has 174 valence electrons. The van der Waals surface area contributed by atoms with Crippen molar-refractivity contribution in [2.75, 3.05) is 18.4 Å². The lowest BCUT2D eigenvalue weighted by Crippen LogP contribution is -2.40. The number of nitrogens with zero attached hydrogens (tertiary/aromatic N) is 4. The van der Waals surface area contributed by atoms with Gasteiger partial charge in [-0.25, -0.2) is 9.97 Å². The highest BCUT2D eigenvalue weighted by Crippen LogP contribution is 2.41. The van der Waals surface area contributed by atoms with Gasteiger partial charge in [0, 0.05) is 47.9 Å². The van der Waals surface area contributed by atoms with Crippen molar-refractivity contribution >= 4 is 55.8 Å². The molecule has 1 aromatic carbocycles. The Kier molecular flexibility index (Phi) is 5.17. The summed E-state index contributed by atoms with van der Waals surface area (Å²) in [5, 5.41) is 15.6. The number of anilines is 2. The van der Waals surface area contributed by atoms with Gasteiger partial charge in [-0.1, -0.05) is 0 Å². The second-order valence-corrected chi connectivity index (χ2v) is 10.2. The molecule has 0 saturated carbocycles. The van der Waals surface area contributed by atoms with E-state index in [1.807, 2.05) is 23.1 Å². The highest BCUT2D eigenvalue weighted by molar-refractivity contribution is 7.19. The minimum absolute atomic E-state index is 0.0236. The van der Waals surface area contributed by atoms with Crippen molar-refractivity contribution < 1.29 is 9.59 Å². The van der Waals surface area contributed by atoms with E-state index >= 15 is 0 Å². The molecule has 0 radical (unpaired) electrons. The Bertz CT molecular complexity index is 1410. The number of hydrogen-bond acceptors (Lipinski definition) is 7. The summed E-state index contributed by atoms with van der Waals surface area (Å²) in [5.74, 6) is 0.938. The standard InChI is InChI=1S/C24H25N7O2S/c1-13(32)28-17-6-7-31(11-17)24(33)14-2-4-18-20(9-14)34-23-21(18)22(25-12-26-23)29-16-3-5-19-15(8-16)10-27-30-19/h3,5,8,10,12,14,17H,2,4,6-7,9,11H2,1H3,(H,27,30)(H,28,32)(H,25,26,29). The average molecular weight is 476 g/mol. The van der Waals surface area contributed by atoms with Crippen LogP contribution in [-0.2, 0) is 22.4 Å². The zero-order chi connectivity index (χ0) is 23.2. The largest absolute Gasteiger partial charge is 0.352 e. The van der Waals surface area contributed by atoms with Gasteiger partial charge in [-0.15, -0.1) is 11.3 Å². The summed E-state index contributed by atoms with van der Waals surface area (Å²) in [6.45, 7) is 2.84. The summed E-state index contributed by atoms with van der Waals surface area (Å²) in [6.07, 6.45) is 6.60. The van der Waals surface area contributed by atoms with Crippen LogP contribution in [0.3, 0.4) is 0 Å². The first-order chi connectivity index (χ1) is 16.5. The van der Waals surface area contributed by atoms with Crippen LogP contribution < -0.4 is 10.6 Å². The Morgan fingerprint density at radius 2 is 2.15 bits per heavy atom. The van der Waals surface area contributed by atoms with E-state index in [0.717, 1.165) is 58.3 Å². The SMILES string of the molecule is CC(=O)NC1CCN(C(=O)C2CCc3c(sc4ncnc(Nc5ccc6[nH]ncc6c5)c34)C2)C1. The van der Waals surface area contributed by atoms with Gasteiger partial charge >= 0.3 is 0 Å². The molecule has 4 heterocycles. The van der Waals surface area contributed by atoms with Crippen molar-refractivity contribution in [1.29, 1.82) is 0 Å². The third-order valence-corrected chi connectivity index (χ3v) is 7.97. The van der Waals surface area contributed by atoms with Crippen molar-refractivity contribution in [2.45, 2.75) is 38.6 Å². The van der Waals surface area contributed by atoms with Gasteiger partial charge in [0.2, 0.25) is 11.8 Å². The summed E-state index contributed by atoms with van der Waals surface area (Å²) >= 11 is 1.67. The summed E-state index contributed by atoms with van der Waals surface area (Å²) in [4.78, 5) is 37.8. The molecule has 2 aliphatic rings. The molecule has 10 heteroatoms. The number of rotatable bonds is 4. The van der Waals surface area contributed by atoms with E-state index < -0.39 is 0 Å². The first-order valence-electron chi connectivity index (χ1n) is 11.6. The van der Waals surface area contributed by atoms with Crippen molar-refractivity contribution in [2.24, 2.45) is 5.92 Å². The van der Waals surface area contributed by atoms with Gasteiger partial charge in [0.25, 0.3) is 0 Å². The molecule has 2 atom stereocenters. The Morgan fingerprint density at radius 1 is 1.24 bits per heavy atom. The Morgan fingerprint density at radius 3 is 3.03 bits per heavy atom. The van der Waals surface area contributed by atoms with Gasteiger partial charge in [0.1, 0.15) is 17.0 Å². The highest BCUT2D eigenvalue weighted by Gasteiger charge is 2.34. The van der Waals surface area contributed by atoms with Crippen molar-refractivity contribution in [3.05, 3.63) is 41.2 Å². The Labute approximate surface area is 200 Å². The number of aromatic nitrogens is 4. The van der Waals surface area contributed by atoms with Gasteiger partial charge in [-0.05, 0) is 49.4 Å². The minimum Gasteiger partial charge on any atom is -0.352 e. The number of benzene rings is 1. The molecule has 2 amide bonds. The monoisotopic (exact) mass is 475 g/mol. The predicted molar refractivity (Wildman–Crippen MR) is 131 cm³/mol. The average Bonchev–Trinajstić information content (AvgIpc) is 3.55. The van der Waals surface area contributed by atoms with E-state index in [1.165, 1.54) is 17.4 Å². The number of H-pyrrole nitrogens is 1. The molecular formula is C24H25N7O2S. The smallest absolute Gasteiger partial charge is 0.226 e. The van der Waals surface area contributed by atoms with Crippen LogP contribution in [0, 0.1) is 5.92 Å². The third-order valence-electron chi connectivity index (χ3n) is 6.80. The van der Waals surface area contributed by atoms with Crippen molar-refractivity contribution in [1.82, 2.24) is 30.4 Å². The molecule has 0 spiro atoms. The molecule has 9 nitrogen and oxygen atoms in total. The van der Waals surface area contributed by atoms with E-state index in [4.69, 9.17) is 0 Å². The number of hydrogen-bond donors (Lipinski definition) is 3. The molecule has 1 saturated heterocycles. The van der Waals surface area contributed by atoms with Gasteiger partial charge in [0.05, 0.1) is 17.1 Å². The van der Waals surface area contributed by atoms with Crippen LogP contribution in [0.1, 0.15) is 30.2 Å². The molecule has 1 aliphatic carbocycles. The maximum absolute atomic E-state index is 13.2. The number of aromatic amines is 1. The molecule has 2 unspecified atom stereocenters. The lowest BCUT2D eigenvalue weighted by molar-refractivity contribution is -0.135. The van der Waals surface area contributed by atoms with Gasteiger partial charge in [-0.3, -0.25) is 14.7 Å². The number of amides is 2. The molecule has 34 heavy (non-hydrogen) atoms. The summed E-state index contributed by atoms with van der Waals surface area (Å²) in [7, 11) is 0. The second-order valence-electron chi connectivity index (χ2n) is 9.11. The summed E-state index contributed by atoms with van der Waals surface area (Å²) in [5.41, 5.74) is 3.19. The number of nitrogens with one attached hydrogen (secondary N) is 3. The van der Waals surface area contributed by atoms with Crippen molar-refractivity contribution in [3.8, 4) is 0 Å². The number of carbonyl (C=O) groups is 2. The van der Waals surface area contributed by atoms with Crippen LogP contribution in [0.5, 0.6) is 0 Å². The van der Waals surface area contributed by atoms with Crippen molar-refractivity contribution in [3.63, 3.8) is 0 Å². The number of aryl methyl sites for hydroxylation is 1. The van der Waals surface area contributed by atoms with Gasteiger partial charge in [-0.2, -0.15) is 5.10 Å². The molecule has 1 fully saturated rings. The molecule has 4 aromatic rings. The number of fused-ring (bicyclic) bond motifs is 4. The van der Waals surface area contributed by atoms with Crippen LogP contribution >= 0.6 is 11.3 Å². The van der Waals surface area contributed by atoms with E-state index in [9.17, 15) is 9.59 Å². The number of thiophene rings is 1. The second kappa shape index (κ2) is 8.35. The van der Waals surface area contributed by atoms with Crippen LogP contribution in [0.2, 0.25) is 0 Å². The summed E-state index contributed by atoms with van der Waals surface area (Å²) < 4.78 is 0. The van der Waals surface area contributed by atoms with Gasteiger partial charge < -0.3 is 15.5 Å².